The molecule has 0 spiro atoms. The van der Waals surface area contributed by atoms with Crippen molar-refractivity contribution in [2.24, 2.45) is 0 Å². The van der Waals surface area contributed by atoms with Gasteiger partial charge in [0.15, 0.2) is 0 Å². The van der Waals surface area contributed by atoms with E-state index in [0.29, 0.717) is 0 Å². The first kappa shape index (κ1) is 15.4. The molecule has 0 aromatic rings. The normalized spacial score (nSPS) is 10.5. The van der Waals surface area contributed by atoms with Crippen molar-refractivity contribution >= 4 is 0 Å². The lowest BCUT2D eigenvalue weighted by molar-refractivity contribution is -0.884. The molecule has 80 valence electrons. The number of ether oxygens (including phenoxy) is 1. The number of hydrogen-bond donors (Lipinski definition) is 0. The average molecular weight is 208 g/mol. The molecule has 0 atom stereocenters. The van der Waals surface area contributed by atoms with Crippen LogP contribution in [0, 0.1) is 0 Å². The maximum atomic E-state index is 5.05. The third-order valence-corrected chi connectivity index (χ3v) is 1.89. The fraction of sp³-hybridized carbons (Fsp3) is 0.800. The molecule has 13 heavy (non-hydrogen) atoms. The molecule has 0 aliphatic heterocycles. The largest absolute Gasteiger partial charge is 1.00 e. The maximum absolute atomic E-state index is 5.05. The zero-order valence-corrected chi connectivity index (χ0v) is 10.2. The Hall–Kier alpha value is -0.0500. The highest BCUT2D eigenvalue weighted by Crippen LogP contribution is 1.99. The van der Waals surface area contributed by atoms with Crippen molar-refractivity contribution in [1.82, 2.24) is 0 Å². The first-order valence-corrected chi connectivity index (χ1v) is 4.42. The molecule has 0 saturated heterocycles. The lowest BCUT2D eigenvalue weighted by Gasteiger charge is -2.28. The molecule has 0 heterocycles. The van der Waals surface area contributed by atoms with E-state index in [0.717, 1.165) is 24.2 Å². The number of methoxy groups -OCH3 is 1. The summed E-state index contributed by atoms with van der Waals surface area (Å²) in [6.07, 6.45) is 2.27. The second-order valence-electron chi connectivity index (χ2n) is 4.12. The molecular weight excluding hydrogens is 186 g/mol. The van der Waals surface area contributed by atoms with E-state index >= 15 is 0 Å². The summed E-state index contributed by atoms with van der Waals surface area (Å²) in [5.74, 6) is 0. The van der Waals surface area contributed by atoms with Gasteiger partial charge in [-0.25, -0.2) is 0 Å². The second-order valence-corrected chi connectivity index (χ2v) is 4.12. The van der Waals surface area contributed by atoms with Crippen LogP contribution in [0.2, 0.25) is 0 Å². The fourth-order valence-electron chi connectivity index (χ4n) is 0.859. The van der Waals surface area contributed by atoms with Gasteiger partial charge in [0.25, 0.3) is 0 Å². The molecule has 0 saturated carbocycles. The zero-order chi connectivity index (χ0) is 9.61. The van der Waals surface area contributed by atoms with E-state index in [1.165, 1.54) is 5.57 Å². The van der Waals surface area contributed by atoms with Crippen LogP contribution in [-0.4, -0.2) is 45.4 Å². The summed E-state index contributed by atoms with van der Waals surface area (Å²) in [6.45, 7) is 7.27. The lowest BCUT2D eigenvalue weighted by Crippen LogP contribution is -3.00. The van der Waals surface area contributed by atoms with E-state index in [-0.39, 0.29) is 12.4 Å². The summed E-state index contributed by atoms with van der Waals surface area (Å²) in [5.41, 5.74) is 1.39. The second kappa shape index (κ2) is 7.36. The number of hydrogen-bond acceptors (Lipinski definition) is 1. The van der Waals surface area contributed by atoms with Crippen LogP contribution in [0.1, 0.15) is 13.8 Å². The zero-order valence-electron chi connectivity index (χ0n) is 9.43. The molecule has 0 rings (SSSR count). The molecule has 3 heteroatoms. The smallest absolute Gasteiger partial charge is 0.102 e. The Morgan fingerprint density at radius 3 is 2.23 bits per heavy atom. The van der Waals surface area contributed by atoms with Gasteiger partial charge in [-0.1, -0.05) is 5.57 Å². The van der Waals surface area contributed by atoms with E-state index in [1.54, 1.807) is 7.11 Å². The minimum absolute atomic E-state index is 0. The number of quaternary nitrogens is 1. The van der Waals surface area contributed by atoms with Gasteiger partial charge in [0, 0.05) is 7.11 Å². The van der Waals surface area contributed by atoms with Crippen molar-refractivity contribution in [3.8, 4) is 0 Å². The number of likely N-dealkylation sites (N-methyl/N-ethyl adjacent to an activating group) is 1. The van der Waals surface area contributed by atoms with E-state index < -0.39 is 0 Å². The molecular formula is C10H22ClNO. The number of rotatable bonds is 5. The van der Waals surface area contributed by atoms with Crippen molar-refractivity contribution in [2.45, 2.75) is 13.8 Å². The minimum Gasteiger partial charge on any atom is -1.00 e. The predicted octanol–water partition coefficient (Wildman–Crippen LogP) is -1.32. The third kappa shape index (κ3) is 9.87. The Kier molecular flexibility index (Phi) is 8.74. The van der Waals surface area contributed by atoms with Gasteiger partial charge in [-0.15, -0.1) is 0 Å². The van der Waals surface area contributed by atoms with E-state index in [1.807, 2.05) is 0 Å². The Labute approximate surface area is 88.6 Å². The Bertz CT molecular complexity index is 151. The van der Waals surface area contributed by atoms with Gasteiger partial charge >= 0.3 is 0 Å². The number of nitrogens with zero attached hydrogens (tertiary/aromatic N) is 1. The van der Waals surface area contributed by atoms with Gasteiger partial charge in [-0.05, 0) is 19.9 Å². The van der Waals surface area contributed by atoms with Crippen LogP contribution in [0.25, 0.3) is 0 Å². The van der Waals surface area contributed by atoms with E-state index in [4.69, 9.17) is 4.74 Å². The Morgan fingerprint density at radius 2 is 1.85 bits per heavy atom. The van der Waals surface area contributed by atoms with Crippen molar-refractivity contribution in [1.29, 1.82) is 0 Å². The SMILES string of the molecule is COCC[N+](C)(C)CC=C(C)C.[Cl-]. The minimum atomic E-state index is 0. The summed E-state index contributed by atoms with van der Waals surface area (Å²) < 4.78 is 6.05. The maximum Gasteiger partial charge on any atom is 0.102 e. The van der Waals surface area contributed by atoms with Crippen LogP contribution in [0.5, 0.6) is 0 Å². The fourth-order valence-corrected chi connectivity index (χ4v) is 0.859. The quantitative estimate of drug-likeness (QED) is 0.402. The molecule has 0 N–H and O–H groups in total. The first-order chi connectivity index (χ1) is 5.48. The Balaban J connectivity index is 0. The summed E-state index contributed by atoms with van der Waals surface area (Å²) in [4.78, 5) is 0. The van der Waals surface area contributed by atoms with Crippen LogP contribution in [-0.2, 0) is 4.74 Å². The van der Waals surface area contributed by atoms with Crippen molar-refractivity contribution in [2.75, 3.05) is 40.9 Å². The molecule has 0 radical (unpaired) electrons. The predicted molar refractivity (Wildman–Crippen MR) is 53.1 cm³/mol. The monoisotopic (exact) mass is 207 g/mol. The summed E-state index contributed by atoms with van der Waals surface area (Å²) in [7, 11) is 6.19. The molecule has 0 amide bonds. The topological polar surface area (TPSA) is 9.23 Å². The van der Waals surface area contributed by atoms with Gasteiger partial charge in [-0.2, -0.15) is 0 Å². The van der Waals surface area contributed by atoms with E-state index in [9.17, 15) is 0 Å². The van der Waals surface area contributed by atoms with Crippen molar-refractivity contribution < 1.29 is 21.6 Å². The molecule has 0 aromatic heterocycles. The van der Waals surface area contributed by atoms with Crippen LogP contribution < -0.4 is 12.4 Å². The lowest BCUT2D eigenvalue weighted by atomic mass is 10.3. The molecule has 0 fully saturated rings. The molecule has 0 aliphatic carbocycles. The number of allylic oxidation sites excluding steroid dienone is 1. The van der Waals surface area contributed by atoms with Gasteiger partial charge in [0.1, 0.15) is 6.54 Å². The average Bonchev–Trinajstić information content (AvgIpc) is 1.98. The first-order valence-electron chi connectivity index (χ1n) is 4.42. The van der Waals surface area contributed by atoms with Crippen LogP contribution >= 0.6 is 0 Å². The van der Waals surface area contributed by atoms with Crippen molar-refractivity contribution in [3.05, 3.63) is 11.6 Å². The van der Waals surface area contributed by atoms with Gasteiger partial charge in [0.05, 0.1) is 27.2 Å². The van der Waals surface area contributed by atoms with Gasteiger partial charge < -0.3 is 21.6 Å². The summed E-state index contributed by atoms with van der Waals surface area (Å²) in [5, 5.41) is 0. The van der Waals surface area contributed by atoms with Crippen LogP contribution in [0.4, 0.5) is 0 Å². The van der Waals surface area contributed by atoms with E-state index in [2.05, 4.69) is 34.0 Å². The summed E-state index contributed by atoms with van der Waals surface area (Å²) in [6, 6.07) is 0. The standard InChI is InChI=1S/C10H22NO.ClH/c1-10(2)6-7-11(3,4)8-9-12-5;/h6H,7-9H2,1-5H3;1H/q+1;/p-1. The van der Waals surface area contributed by atoms with Crippen LogP contribution in [0.3, 0.4) is 0 Å². The highest BCUT2D eigenvalue weighted by molar-refractivity contribution is 4.92. The number of halogens is 1. The van der Waals surface area contributed by atoms with Gasteiger partial charge in [-0.3, -0.25) is 0 Å². The molecule has 0 bridgehead atoms. The molecule has 0 unspecified atom stereocenters. The van der Waals surface area contributed by atoms with Crippen LogP contribution in [0.15, 0.2) is 11.6 Å². The third-order valence-electron chi connectivity index (χ3n) is 1.89. The highest BCUT2D eigenvalue weighted by atomic mass is 35.5. The Morgan fingerprint density at radius 1 is 1.31 bits per heavy atom. The highest BCUT2D eigenvalue weighted by Gasteiger charge is 2.11. The molecule has 2 nitrogen and oxygen atoms in total. The summed E-state index contributed by atoms with van der Waals surface area (Å²) >= 11 is 0. The molecule has 0 aromatic carbocycles. The van der Waals surface area contributed by atoms with Gasteiger partial charge in [0.2, 0.25) is 0 Å². The molecule has 0 aliphatic rings. The van der Waals surface area contributed by atoms with Crippen molar-refractivity contribution in [3.63, 3.8) is 0 Å².